The van der Waals surface area contributed by atoms with Gasteiger partial charge in [-0.25, -0.2) is 4.79 Å². The van der Waals surface area contributed by atoms with Crippen LogP contribution in [-0.4, -0.2) is 24.5 Å². The van der Waals surface area contributed by atoms with Gasteiger partial charge in [0.25, 0.3) is 0 Å². The molecule has 2 bridgehead atoms. The minimum absolute atomic E-state index is 0.112. The number of nitrogens with one attached hydrogen (secondary N) is 1. The van der Waals surface area contributed by atoms with Crippen molar-refractivity contribution in [3.63, 3.8) is 0 Å². The molecule has 26 heavy (non-hydrogen) atoms. The second-order valence-electron chi connectivity index (χ2n) is 6.68. The average Bonchev–Trinajstić information content (AvgIpc) is 3.05. The summed E-state index contributed by atoms with van der Waals surface area (Å²) in [5.74, 6) is -3.82. The van der Waals surface area contributed by atoms with E-state index in [4.69, 9.17) is 4.74 Å². The van der Waals surface area contributed by atoms with Crippen LogP contribution >= 0.6 is 11.3 Å². The van der Waals surface area contributed by atoms with Crippen LogP contribution in [0.1, 0.15) is 41.9 Å². The number of anilines is 1. The molecular weight excluding hydrogens is 354 g/mol. The third-order valence-electron chi connectivity index (χ3n) is 5.19. The minimum Gasteiger partial charge on any atom is -0.550 e. The number of amides is 1. The van der Waals surface area contributed by atoms with E-state index in [1.54, 1.807) is 13.0 Å². The van der Waals surface area contributed by atoms with Gasteiger partial charge in [-0.15, -0.1) is 11.3 Å². The van der Waals surface area contributed by atoms with Gasteiger partial charge in [-0.1, -0.05) is 19.1 Å². The van der Waals surface area contributed by atoms with Crippen LogP contribution in [0.2, 0.25) is 0 Å². The molecule has 0 radical (unpaired) electrons. The van der Waals surface area contributed by atoms with Gasteiger partial charge in [0.1, 0.15) is 5.00 Å². The Hall–Kier alpha value is -2.15. The third-order valence-corrected chi connectivity index (χ3v) is 6.38. The first-order valence-electron chi connectivity index (χ1n) is 8.96. The molecule has 0 aliphatic heterocycles. The molecule has 0 spiro atoms. The lowest BCUT2D eigenvalue weighted by atomic mass is 9.62. The van der Waals surface area contributed by atoms with Crippen molar-refractivity contribution < 1.29 is 24.2 Å². The Morgan fingerprint density at radius 3 is 2.38 bits per heavy atom. The van der Waals surface area contributed by atoms with E-state index < -0.39 is 23.8 Å². The fourth-order valence-corrected chi connectivity index (χ4v) is 4.92. The monoisotopic (exact) mass is 376 g/mol. The second-order valence-corrected chi connectivity index (χ2v) is 7.82. The number of carbonyl (C=O) groups excluding carboxylic acids is 3. The molecule has 6 nitrogen and oxygen atoms in total. The zero-order chi connectivity index (χ0) is 18.8. The van der Waals surface area contributed by atoms with E-state index in [-0.39, 0.29) is 24.3 Å². The van der Waals surface area contributed by atoms with Gasteiger partial charge in [0.2, 0.25) is 5.91 Å². The van der Waals surface area contributed by atoms with E-state index in [2.05, 4.69) is 5.32 Å². The maximum absolute atomic E-state index is 12.9. The number of aryl methyl sites for hydroxylation is 1. The summed E-state index contributed by atoms with van der Waals surface area (Å²) in [5.41, 5.74) is 0.323. The van der Waals surface area contributed by atoms with Crippen molar-refractivity contribution in [2.24, 2.45) is 23.7 Å². The van der Waals surface area contributed by atoms with Crippen molar-refractivity contribution in [1.29, 1.82) is 0 Å². The zero-order valence-electron chi connectivity index (χ0n) is 14.8. The van der Waals surface area contributed by atoms with Gasteiger partial charge in [0.15, 0.2) is 0 Å². The lowest BCUT2D eigenvalue weighted by Gasteiger charge is -2.44. The van der Waals surface area contributed by atoms with Crippen molar-refractivity contribution >= 4 is 34.2 Å². The Bertz CT molecular complexity index is 753. The van der Waals surface area contributed by atoms with E-state index in [0.717, 1.165) is 24.1 Å². The number of ether oxygens (including phenoxy) is 1. The highest BCUT2D eigenvalue weighted by Crippen LogP contribution is 2.45. The van der Waals surface area contributed by atoms with Crippen LogP contribution in [0.25, 0.3) is 0 Å². The number of carboxylic acid groups (broad SMARTS) is 1. The van der Waals surface area contributed by atoms with E-state index >= 15 is 0 Å². The van der Waals surface area contributed by atoms with Crippen molar-refractivity contribution in [3.8, 4) is 0 Å². The number of aliphatic carboxylic acids is 1. The molecule has 0 unspecified atom stereocenters. The molecule has 1 fully saturated rings. The molecule has 140 valence electrons. The summed E-state index contributed by atoms with van der Waals surface area (Å²) in [4.78, 5) is 37.7. The van der Waals surface area contributed by atoms with Crippen LogP contribution in [0.3, 0.4) is 0 Å². The van der Waals surface area contributed by atoms with Gasteiger partial charge in [0, 0.05) is 16.8 Å². The lowest BCUT2D eigenvalue weighted by molar-refractivity contribution is -0.316. The number of allylic oxidation sites excluding steroid dienone is 2. The molecule has 4 rings (SSSR count). The minimum atomic E-state index is -1.18. The summed E-state index contributed by atoms with van der Waals surface area (Å²) >= 11 is 1.32. The molecule has 7 heteroatoms. The van der Waals surface area contributed by atoms with Crippen LogP contribution < -0.4 is 10.4 Å². The van der Waals surface area contributed by atoms with E-state index in [0.29, 0.717) is 10.6 Å². The molecule has 1 aromatic rings. The summed E-state index contributed by atoms with van der Waals surface area (Å²) in [5, 5.41) is 14.8. The topological polar surface area (TPSA) is 95.5 Å². The van der Waals surface area contributed by atoms with E-state index in [9.17, 15) is 19.5 Å². The molecule has 1 N–H and O–H groups in total. The highest BCUT2D eigenvalue weighted by Gasteiger charge is 2.45. The number of esters is 1. The number of hydrogen-bond acceptors (Lipinski definition) is 6. The lowest BCUT2D eigenvalue weighted by Crippen LogP contribution is -2.51. The average molecular weight is 376 g/mol. The fraction of sp³-hybridized carbons (Fsp3) is 0.526. The standard InChI is InChI=1S/C19H23NO5S/c1-3-12-9-13(19(24)25-4-2)17(26-12)20-16(21)14-10-5-7-11(8-6-10)15(14)18(22)23/h5,7,9-11,14-15H,3-4,6,8H2,1-2H3,(H,20,21)(H,22,23)/p-1/t10-,11+,14-,15+/m1/s1. The van der Waals surface area contributed by atoms with Crippen LogP contribution in [0, 0.1) is 23.7 Å². The Kier molecular flexibility index (Phi) is 5.46. The van der Waals surface area contributed by atoms with Gasteiger partial charge < -0.3 is 20.0 Å². The van der Waals surface area contributed by atoms with E-state index in [1.807, 2.05) is 19.1 Å². The Labute approximate surface area is 156 Å². The predicted molar refractivity (Wildman–Crippen MR) is 95.6 cm³/mol. The normalized spacial score (nSPS) is 26.5. The number of carbonyl (C=O) groups is 3. The molecule has 0 aromatic carbocycles. The first kappa shape index (κ1) is 18.6. The molecule has 1 aromatic heterocycles. The number of rotatable bonds is 6. The molecular formula is C19H22NO5S-. The van der Waals surface area contributed by atoms with Crippen molar-refractivity contribution in [2.45, 2.75) is 33.1 Å². The zero-order valence-corrected chi connectivity index (χ0v) is 15.6. The second kappa shape index (κ2) is 7.61. The first-order valence-corrected chi connectivity index (χ1v) is 9.77. The largest absolute Gasteiger partial charge is 0.550 e. The summed E-state index contributed by atoms with van der Waals surface area (Å²) in [6.07, 6.45) is 6.11. The molecule has 4 atom stereocenters. The number of hydrogen-bond donors (Lipinski definition) is 1. The van der Waals surface area contributed by atoms with Gasteiger partial charge in [-0.2, -0.15) is 0 Å². The van der Waals surface area contributed by atoms with Crippen molar-refractivity contribution in [1.82, 2.24) is 0 Å². The highest BCUT2D eigenvalue weighted by molar-refractivity contribution is 7.16. The molecule has 1 amide bonds. The maximum Gasteiger partial charge on any atom is 0.341 e. The van der Waals surface area contributed by atoms with Gasteiger partial charge >= 0.3 is 5.97 Å². The highest BCUT2D eigenvalue weighted by atomic mass is 32.1. The number of fused-ring (bicyclic) bond motifs is 2. The Morgan fingerprint density at radius 2 is 1.85 bits per heavy atom. The van der Waals surface area contributed by atoms with Crippen LogP contribution in [0.5, 0.6) is 0 Å². The first-order chi connectivity index (χ1) is 12.5. The van der Waals surface area contributed by atoms with Gasteiger partial charge in [-0.05, 0) is 44.1 Å². The molecule has 3 aliphatic carbocycles. The Balaban J connectivity index is 1.85. The SMILES string of the molecule is CCOC(=O)c1cc(CC)sc1NC(=O)[C@H]1[C@@H](C(=O)[O-])[C@H]2C=C[C@@H]1CC2. The number of carboxylic acids is 1. The van der Waals surface area contributed by atoms with Gasteiger partial charge in [0.05, 0.1) is 18.1 Å². The van der Waals surface area contributed by atoms with Crippen LogP contribution in [0.4, 0.5) is 5.00 Å². The molecule has 0 saturated heterocycles. The van der Waals surface area contributed by atoms with Crippen molar-refractivity contribution in [3.05, 3.63) is 28.7 Å². The smallest absolute Gasteiger partial charge is 0.341 e. The maximum atomic E-state index is 12.9. The molecule has 1 saturated carbocycles. The summed E-state index contributed by atoms with van der Waals surface area (Å²) < 4.78 is 5.06. The number of thiophene rings is 1. The van der Waals surface area contributed by atoms with Crippen molar-refractivity contribution in [2.75, 3.05) is 11.9 Å². The Morgan fingerprint density at radius 1 is 1.19 bits per heavy atom. The van der Waals surface area contributed by atoms with Crippen LogP contribution in [-0.2, 0) is 20.7 Å². The van der Waals surface area contributed by atoms with Crippen LogP contribution in [0.15, 0.2) is 18.2 Å². The quantitative estimate of drug-likeness (QED) is 0.605. The fourth-order valence-electron chi connectivity index (χ4n) is 3.94. The molecule has 1 heterocycles. The van der Waals surface area contributed by atoms with Gasteiger partial charge in [-0.3, -0.25) is 4.79 Å². The van der Waals surface area contributed by atoms with E-state index in [1.165, 1.54) is 11.3 Å². The predicted octanol–water partition coefficient (Wildman–Crippen LogP) is 2.00. The summed E-state index contributed by atoms with van der Waals surface area (Å²) in [7, 11) is 0. The molecule has 3 aliphatic rings. The summed E-state index contributed by atoms with van der Waals surface area (Å²) in [6, 6.07) is 1.72. The third kappa shape index (κ3) is 3.40. The summed E-state index contributed by atoms with van der Waals surface area (Å²) in [6.45, 7) is 3.93.